The summed E-state index contributed by atoms with van der Waals surface area (Å²) in [5, 5.41) is 15.0. The number of anilines is 2. The van der Waals surface area contributed by atoms with Crippen LogP contribution in [-0.2, 0) is 0 Å². The fourth-order valence-electron chi connectivity index (χ4n) is 1.46. The maximum absolute atomic E-state index is 10.9. The Bertz CT molecular complexity index is 366. The van der Waals surface area contributed by atoms with Gasteiger partial charge in [0, 0.05) is 13.6 Å². The lowest BCUT2D eigenvalue weighted by molar-refractivity contribution is 0.0696. The zero-order valence-electron chi connectivity index (χ0n) is 9.63. The molecule has 0 aliphatic carbocycles. The standard InChI is InChI=1S/C11H16N2O3/c1-4-13-10-8(12-2)5-7(11(14)15)6-9(10)16-3/h5-6,12-13H,4H2,1-3H3,(H,14,15). The van der Waals surface area contributed by atoms with E-state index in [1.807, 2.05) is 6.92 Å². The fraction of sp³-hybridized carbons (Fsp3) is 0.364. The van der Waals surface area contributed by atoms with Crippen LogP contribution in [0.3, 0.4) is 0 Å². The van der Waals surface area contributed by atoms with E-state index in [4.69, 9.17) is 9.84 Å². The highest BCUT2D eigenvalue weighted by Gasteiger charge is 2.13. The number of carboxylic acid groups (broad SMARTS) is 1. The smallest absolute Gasteiger partial charge is 0.335 e. The monoisotopic (exact) mass is 224 g/mol. The van der Waals surface area contributed by atoms with Crippen LogP contribution in [0.25, 0.3) is 0 Å². The first-order chi connectivity index (χ1) is 7.63. The molecule has 0 atom stereocenters. The van der Waals surface area contributed by atoms with Crippen molar-refractivity contribution in [2.75, 3.05) is 31.3 Å². The van der Waals surface area contributed by atoms with Crippen LogP contribution in [0.5, 0.6) is 5.75 Å². The van der Waals surface area contributed by atoms with Gasteiger partial charge in [-0.2, -0.15) is 0 Å². The van der Waals surface area contributed by atoms with E-state index in [1.54, 1.807) is 13.1 Å². The van der Waals surface area contributed by atoms with Gasteiger partial charge in [-0.05, 0) is 19.1 Å². The van der Waals surface area contributed by atoms with Gasteiger partial charge in [0.15, 0.2) is 0 Å². The lowest BCUT2D eigenvalue weighted by Crippen LogP contribution is -2.06. The van der Waals surface area contributed by atoms with Crippen molar-refractivity contribution in [2.45, 2.75) is 6.92 Å². The molecule has 0 saturated carbocycles. The van der Waals surface area contributed by atoms with E-state index < -0.39 is 5.97 Å². The molecule has 0 amide bonds. The van der Waals surface area contributed by atoms with Gasteiger partial charge in [-0.25, -0.2) is 4.79 Å². The molecule has 5 nitrogen and oxygen atoms in total. The number of carbonyl (C=O) groups is 1. The summed E-state index contributed by atoms with van der Waals surface area (Å²) < 4.78 is 5.17. The molecule has 1 aromatic carbocycles. The Balaban J connectivity index is 3.30. The van der Waals surface area contributed by atoms with Gasteiger partial charge in [0.25, 0.3) is 0 Å². The predicted molar refractivity (Wildman–Crippen MR) is 63.7 cm³/mol. The van der Waals surface area contributed by atoms with E-state index in [2.05, 4.69) is 10.6 Å². The lowest BCUT2D eigenvalue weighted by atomic mass is 10.1. The molecular formula is C11H16N2O3. The zero-order chi connectivity index (χ0) is 12.1. The molecule has 0 bridgehead atoms. The summed E-state index contributed by atoms with van der Waals surface area (Å²) in [6.45, 7) is 2.70. The van der Waals surface area contributed by atoms with Crippen LogP contribution in [0.1, 0.15) is 17.3 Å². The Kier molecular flexibility index (Phi) is 3.99. The van der Waals surface area contributed by atoms with Crippen molar-refractivity contribution in [1.29, 1.82) is 0 Å². The van der Waals surface area contributed by atoms with Gasteiger partial charge < -0.3 is 20.5 Å². The number of rotatable bonds is 5. The van der Waals surface area contributed by atoms with Gasteiger partial charge in [0.05, 0.1) is 18.4 Å². The van der Waals surface area contributed by atoms with E-state index in [1.165, 1.54) is 13.2 Å². The molecule has 0 radical (unpaired) electrons. The van der Waals surface area contributed by atoms with Crippen molar-refractivity contribution in [3.05, 3.63) is 17.7 Å². The minimum absolute atomic E-state index is 0.197. The van der Waals surface area contributed by atoms with Crippen LogP contribution >= 0.6 is 0 Å². The maximum atomic E-state index is 10.9. The van der Waals surface area contributed by atoms with Crippen LogP contribution in [0.4, 0.5) is 11.4 Å². The Morgan fingerprint density at radius 1 is 1.50 bits per heavy atom. The van der Waals surface area contributed by atoms with Crippen LogP contribution in [0.15, 0.2) is 12.1 Å². The number of methoxy groups -OCH3 is 1. The number of benzene rings is 1. The molecule has 0 aromatic heterocycles. The summed E-state index contributed by atoms with van der Waals surface area (Å²) in [4.78, 5) is 10.9. The topological polar surface area (TPSA) is 70.6 Å². The highest BCUT2D eigenvalue weighted by molar-refractivity contribution is 5.92. The molecular weight excluding hydrogens is 208 g/mol. The average molecular weight is 224 g/mol. The van der Waals surface area contributed by atoms with Gasteiger partial charge >= 0.3 is 5.97 Å². The van der Waals surface area contributed by atoms with Crippen LogP contribution in [0, 0.1) is 0 Å². The highest BCUT2D eigenvalue weighted by atomic mass is 16.5. The number of hydrogen-bond donors (Lipinski definition) is 3. The first kappa shape index (κ1) is 12.2. The third kappa shape index (κ3) is 2.36. The molecule has 0 aliphatic heterocycles. The molecule has 1 aromatic rings. The van der Waals surface area contributed by atoms with E-state index in [9.17, 15) is 4.79 Å². The fourth-order valence-corrected chi connectivity index (χ4v) is 1.46. The molecule has 3 N–H and O–H groups in total. The Morgan fingerprint density at radius 2 is 2.19 bits per heavy atom. The number of carboxylic acids is 1. The van der Waals surface area contributed by atoms with Crippen molar-refractivity contribution in [3.63, 3.8) is 0 Å². The number of aromatic carboxylic acids is 1. The second-order valence-electron chi connectivity index (χ2n) is 3.19. The Hall–Kier alpha value is -1.91. The van der Waals surface area contributed by atoms with E-state index >= 15 is 0 Å². The third-order valence-corrected chi connectivity index (χ3v) is 2.19. The quantitative estimate of drug-likeness (QED) is 0.712. The molecule has 0 heterocycles. The molecule has 0 aliphatic rings. The van der Waals surface area contributed by atoms with Crippen molar-refractivity contribution in [2.24, 2.45) is 0 Å². The Morgan fingerprint density at radius 3 is 2.62 bits per heavy atom. The number of nitrogens with one attached hydrogen (secondary N) is 2. The first-order valence-electron chi connectivity index (χ1n) is 5.01. The minimum Gasteiger partial charge on any atom is -0.494 e. The predicted octanol–water partition coefficient (Wildman–Crippen LogP) is 1.87. The summed E-state index contributed by atoms with van der Waals surface area (Å²) in [6.07, 6.45) is 0. The van der Waals surface area contributed by atoms with Gasteiger partial charge in [0.1, 0.15) is 11.4 Å². The number of ether oxygens (including phenoxy) is 1. The second-order valence-corrected chi connectivity index (χ2v) is 3.19. The summed E-state index contributed by atoms with van der Waals surface area (Å²) in [7, 11) is 3.25. The lowest BCUT2D eigenvalue weighted by Gasteiger charge is -2.15. The van der Waals surface area contributed by atoms with E-state index in [-0.39, 0.29) is 5.56 Å². The molecule has 0 unspecified atom stereocenters. The van der Waals surface area contributed by atoms with Crippen molar-refractivity contribution < 1.29 is 14.6 Å². The second kappa shape index (κ2) is 5.25. The molecule has 1 rings (SSSR count). The summed E-state index contributed by atoms with van der Waals surface area (Å²) in [5.74, 6) is -0.455. The highest BCUT2D eigenvalue weighted by Crippen LogP contribution is 2.34. The molecule has 0 fully saturated rings. The van der Waals surface area contributed by atoms with Crippen molar-refractivity contribution in [1.82, 2.24) is 0 Å². The van der Waals surface area contributed by atoms with Gasteiger partial charge in [-0.3, -0.25) is 0 Å². The van der Waals surface area contributed by atoms with Crippen LogP contribution < -0.4 is 15.4 Å². The molecule has 5 heteroatoms. The van der Waals surface area contributed by atoms with Crippen LogP contribution in [-0.4, -0.2) is 31.8 Å². The summed E-state index contributed by atoms with van der Waals surface area (Å²) in [5.41, 5.74) is 1.68. The van der Waals surface area contributed by atoms with E-state index in [0.29, 0.717) is 11.4 Å². The van der Waals surface area contributed by atoms with Crippen LogP contribution in [0.2, 0.25) is 0 Å². The van der Waals surface area contributed by atoms with E-state index in [0.717, 1.165) is 12.2 Å². The van der Waals surface area contributed by atoms with Crippen molar-refractivity contribution in [3.8, 4) is 5.75 Å². The molecule has 16 heavy (non-hydrogen) atoms. The SMILES string of the molecule is CCNc1c(NC)cc(C(=O)O)cc1OC. The van der Waals surface area contributed by atoms with Gasteiger partial charge in [-0.1, -0.05) is 0 Å². The summed E-state index contributed by atoms with van der Waals surface area (Å²) in [6, 6.07) is 3.07. The summed E-state index contributed by atoms with van der Waals surface area (Å²) >= 11 is 0. The first-order valence-corrected chi connectivity index (χ1v) is 5.01. The molecule has 0 spiro atoms. The largest absolute Gasteiger partial charge is 0.494 e. The number of hydrogen-bond acceptors (Lipinski definition) is 4. The van der Waals surface area contributed by atoms with Gasteiger partial charge in [0.2, 0.25) is 0 Å². The molecule has 0 saturated heterocycles. The normalized spacial score (nSPS) is 9.69. The maximum Gasteiger partial charge on any atom is 0.335 e. The average Bonchev–Trinajstić information content (AvgIpc) is 2.29. The van der Waals surface area contributed by atoms with Crippen molar-refractivity contribution >= 4 is 17.3 Å². The Labute approximate surface area is 94.4 Å². The van der Waals surface area contributed by atoms with Gasteiger partial charge in [-0.15, -0.1) is 0 Å². The molecule has 88 valence electrons. The zero-order valence-corrected chi connectivity index (χ0v) is 9.63. The minimum atomic E-state index is -0.974. The third-order valence-electron chi connectivity index (χ3n) is 2.19.